The minimum Gasteiger partial charge on any atom is -0.496 e. The van der Waals surface area contributed by atoms with E-state index in [1.807, 2.05) is 0 Å². The molecule has 1 heteroatoms. The van der Waals surface area contributed by atoms with Gasteiger partial charge in [0.2, 0.25) is 0 Å². The molecule has 0 unspecified atom stereocenters. The van der Waals surface area contributed by atoms with Crippen molar-refractivity contribution in [2.75, 3.05) is 7.11 Å². The first-order valence-electron chi connectivity index (χ1n) is 4.83. The molecule has 14 heavy (non-hydrogen) atoms. The second kappa shape index (κ2) is 4.32. The lowest BCUT2D eigenvalue weighted by Crippen LogP contribution is -1.94. The summed E-state index contributed by atoms with van der Waals surface area (Å²) >= 11 is 0. The Balaban J connectivity index is 3.07. The molecule has 0 aromatic heterocycles. The van der Waals surface area contributed by atoms with Crippen LogP contribution >= 0.6 is 0 Å². The Morgan fingerprint density at radius 3 is 2.14 bits per heavy atom. The van der Waals surface area contributed by atoms with E-state index in [1.54, 1.807) is 7.11 Å². The first-order chi connectivity index (χ1) is 6.54. The maximum absolute atomic E-state index is 5.31. The Labute approximate surface area is 86.4 Å². The monoisotopic (exact) mass is 190 g/mol. The molecule has 0 N–H and O–H groups in total. The molecule has 0 spiro atoms. The molecule has 0 amide bonds. The van der Waals surface area contributed by atoms with Gasteiger partial charge in [-0.05, 0) is 43.9 Å². The molecule has 0 radical (unpaired) electrons. The Hall–Kier alpha value is -1.24. The third-order valence-electron chi connectivity index (χ3n) is 2.23. The van der Waals surface area contributed by atoms with Gasteiger partial charge >= 0.3 is 0 Å². The van der Waals surface area contributed by atoms with Crippen LogP contribution in [0.25, 0.3) is 0 Å². The maximum Gasteiger partial charge on any atom is 0.124 e. The summed E-state index contributed by atoms with van der Waals surface area (Å²) in [4.78, 5) is 0. The molecule has 1 nitrogen and oxygen atoms in total. The quantitative estimate of drug-likeness (QED) is 0.663. The molecule has 0 aliphatic rings. The topological polar surface area (TPSA) is 9.23 Å². The zero-order valence-corrected chi connectivity index (χ0v) is 9.48. The number of benzene rings is 1. The van der Waals surface area contributed by atoms with Gasteiger partial charge in [0.25, 0.3) is 0 Å². The minimum absolute atomic E-state index is 0.950. The predicted octanol–water partition coefficient (Wildman–Crippen LogP) is 3.43. The van der Waals surface area contributed by atoms with E-state index in [2.05, 4.69) is 39.5 Å². The van der Waals surface area contributed by atoms with E-state index in [-0.39, 0.29) is 0 Å². The van der Waals surface area contributed by atoms with Gasteiger partial charge in [-0.25, -0.2) is 0 Å². The summed E-state index contributed by atoms with van der Waals surface area (Å²) in [6, 6.07) is 4.33. The molecule has 0 bridgehead atoms. The number of aryl methyl sites for hydroxylation is 2. The summed E-state index contributed by atoms with van der Waals surface area (Å²) in [5, 5.41) is 0. The summed E-state index contributed by atoms with van der Waals surface area (Å²) in [5.41, 5.74) is 4.90. The number of hydrogen-bond donors (Lipinski definition) is 0. The Kier molecular flexibility index (Phi) is 3.34. The van der Waals surface area contributed by atoms with Gasteiger partial charge in [0.05, 0.1) is 7.11 Å². The number of methoxy groups -OCH3 is 1. The van der Waals surface area contributed by atoms with E-state index in [0.717, 1.165) is 12.2 Å². The Morgan fingerprint density at radius 2 is 1.79 bits per heavy atom. The lowest BCUT2D eigenvalue weighted by Gasteiger charge is -2.11. The van der Waals surface area contributed by atoms with Gasteiger partial charge in [-0.1, -0.05) is 24.3 Å². The van der Waals surface area contributed by atoms with Crippen LogP contribution in [0, 0.1) is 13.8 Å². The molecular formula is C13H18O. The van der Waals surface area contributed by atoms with Crippen molar-refractivity contribution in [3.8, 4) is 5.75 Å². The van der Waals surface area contributed by atoms with E-state index >= 15 is 0 Å². The Morgan fingerprint density at radius 1 is 1.29 bits per heavy atom. The van der Waals surface area contributed by atoms with Crippen LogP contribution in [0.3, 0.4) is 0 Å². The number of hydrogen-bond acceptors (Lipinski definition) is 1. The molecule has 1 aromatic carbocycles. The van der Waals surface area contributed by atoms with Crippen LogP contribution < -0.4 is 4.74 Å². The van der Waals surface area contributed by atoms with Crippen molar-refractivity contribution in [1.82, 2.24) is 0 Å². The van der Waals surface area contributed by atoms with Crippen molar-refractivity contribution >= 4 is 0 Å². The van der Waals surface area contributed by atoms with E-state index in [4.69, 9.17) is 4.74 Å². The average Bonchev–Trinajstić information content (AvgIpc) is 2.01. The van der Waals surface area contributed by atoms with Gasteiger partial charge < -0.3 is 4.74 Å². The van der Waals surface area contributed by atoms with Crippen molar-refractivity contribution in [2.45, 2.75) is 27.2 Å². The molecule has 0 atom stereocenters. The highest BCUT2D eigenvalue weighted by Gasteiger charge is 2.04. The van der Waals surface area contributed by atoms with Gasteiger partial charge in [0.1, 0.15) is 5.75 Å². The van der Waals surface area contributed by atoms with E-state index in [1.165, 1.54) is 22.3 Å². The normalized spacial score (nSPS) is 10.0. The van der Waals surface area contributed by atoms with Gasteiger partial charge in [0, 0.05) is 0 Å². The first kappa shape index (κ1) is 10.8. The zero-order valence-electron chi connectivity index (χ0n) is 9.48. The summed E-state index contributed by atoms with van der Waals surface area (Å²) in [6.07, 6.45) is 0.950. The lowest BCUT2D eigenvalue weighted by molar-refractivity contribution is 0.408. The van der Waals surface area contributed by atoms with E-state index < -0.39 is 0 Å². The minimum atomic E-state index is 0.950. The molecule has 0 saturated carbocycles. The second-order valence-electron chi connectivity index (χ2n) is 3.90. The fourth-order valence-electron chi connectivity index (χ4n) is 1.81. The summed E-state index contributed by atoms with van der Waals surface area (Å²) in [5.74, 6) is 0.996. The van der Waals surface area contributed by atoms with E-state index in [0.29, 0.717) is 0 Å². The van der Waals surface area contributed by atoms with Crippen LogP contribution in [0.2, 0.25) is 0 Å². The van der Waals surface area contributed by atoms with Crippen LogP contribution in [0.5, 0.6) is 5.75 Å². The van der Waals surface area contributed by atoms with Gasteiger partial charge in [0.15, 0.2) is 0 Å². The van der Waals surface area contributed by atoms with Gasteiger partial charge in [-0.3, -0.25) is 0 Å². The van der Waals surface area contributed by atoms with Gasteiger partial charge in [-0.15, -0.1) is 0 Å². The zero-order chi connectivity index (χ0) is 10.7. The van der Waals surface area contributed by atoms with Gasteiger partial charge in [-0.2, -0.15) is 0 Å². The predicted molar refractivity (Wildman–Crippen MR) is 61.0 cm³/mol. The fourth-order valence-corrected chi connectivity index (χ4v) is 1.81. The molecule has 0 heterocycles. The SMILES string of the molecule is C=C(C)Cc1cc(C)c(OC)c(C)c1. The van der Waals surface area contributed by atoms with Crippen molar-refractivity contribution in [2.24, 2.45) is 0 Å². The van der Waals surface area contributed by atoms with E-state index in [9.17, 15) is 0 Å². The molecule has 0 aliphatic carbocycles. The maximum atomic E-state index is 5.31. The smallest absolute Gasteiger partial charge is 0.124 e. The Bertz CT molecular complexity index is 327. The number of rotatable bonds is 3. The standard InChI is InChI=1S/C13H18O/c1-9(2)6-12-7-10(3)13(14-5)11(4)8-12/h7-8H,1,6H2,2-5H3. The van der Waals surface area contributed by atoms with Crippen molar-refractivity contribution in [1.29, 1.82) is 0 Å². The molecule has 0 saturated heterocycles. The molecule has 0 fully saturated rings. The number of allylic oxidation sites excluding steroid dienone is 1. The second-order valence-corrected chi connectivity index (χ2v) is 3.90. The highest BCUT2D eigenvalue weighted by Crippen LogP contribution is 2.25. The third kappa shape index (κ3) is 2.38. The fraction of sp³-hybridized carbons (Fsp3) is 0.385. The average molecular weight is 190 g/mol. The number of ether oxygens (including phenoxy) is 1. The molecule has 0 aliphatic heterocycles. The van der Waals surface area contributed by atoms with Crippen LogP contribution in [-0.2, 0) is 6.42 Å². The highest BCUT2D eigenvalue weighted by atomic mass is 16.5. The summed E-state index contributed by atoms with van der Waals surface area (Å²) < 4.78 is 5.31. The van der Waals surface area contributed by atoms with Crippen molar-refractivity contribution in [3.05, 3.63) is 41.0 Å². The highest BCUT2D eigenvalue weighted by molar-refractivity contribution is 5.44. The molecular weight excluding hydrogens is 172 g/mol. The van der Waals surface area contributed by atoms with Crippen LogP contribution in [0.15, 0.2) is 24.3 Å². The third-order valence-corrected chi connectivity index (χ3v) is 2.23. The molecule has 76 valence electrons. The van der Waals surface area contributed by atoms with Crippen LogP contribution in [-0.4, -0.2) is 7.11 Å². The summed E-state index contributed by atoms with van der Waals surface area (Å²) in [6.45, 7) is 10.1. The molecule has 1 rings (SSSR count). The lowest BCUT2D eigenvalue weighted by atomic mass is 10.0. The first-order valence-corrected chi connectivity index (χ1v) is 4.83. The van der Waals surface area contributed by atoms with Crippen LogP contribution in [0.1, 0.15) is 23.6 Å². The van der Waals surface area contributed by atoms with Crippen molar-refractivity contribution < 1.29 is 4.74 Å². The molecule has 1 aromatic rings. The van der Waals surface area contributed by atoms with Crippen LogP contribution in [0.4, 0.5) is 0 Å². The largest absolute Gasteiger partial charge is 0.496 e. The summed E-state index contributed by atoms with van der Waals surface area (Å²) in [7, 11) is 1.72. The van der Waals surface area contributed by atoms with Crippen molar-refractivity contribution in [3.63, 3.8) is 0 Å².